The van der Waals surface area contributed by atoms with Crippen LogP contribution in [-0.2, 0) is 4.74 Å². The summed E-state index contributed by atoms with van der Waals surface area (Å²) in [5.74, 6) is 5.24. The molecule has 0 heterocycles. The first-order chi connectivity index (χ1) is 3.77. The first-order valence-corrected chi connectivity index (χ1v) is 2.81. The van der Waals surface area contributed by atoms with Gasteiger partial charge in [-0.3, -0.25) is 5.84 Å². The van der Waals surface area contributed by atoms with Crippen LogP contribution in [0, 0.1) is 0 Å². The van der Waals surface area contributed by atoms with Crippen LogP contribution in [0.25, 0.3) is 0 Å². The van der Waals surface area contributed by atoms with Crippen molar-refractivity contribution in [1.29, 1.82) is 0 Å². The predicted octanol–water partition coefficient (Wildman–Crippen LogP) is 0.176. The van der Waals surface area contributed by atoms with Gasteiger partial charge >= 0.3 is 0 Å². The van der Waals surface area contributed by atoms with Crippen LogP contribution < -0.4 is 5.84 Å². The molecular formula is C5H14N2O. The van der Waals surface area contributed by atoms with E-state index in [0.29, 0.717) is 6.73 Å². The van der Waals surface area contributed by atoms with Crippen LogP contribution in [0.4, 0.5) is 0 Å². The average molecular weight is 118 g/mol. The van der Waals surface area contributed by atoms with E-state index in [1.807, 2.05) is 0 Å². The Labute approximate surface area is 50.4 Å². The van der Waals surface area contributed by atoms with Crippen LogP contribution >= 0.6 is 0 Å². The zero-order valence-electron chi connectivity index (χ0n) is 5.55. The lowest BCUT2D eigenvalue weighted by molar-refractivity contribution is 0.0433. The van der Waals surface area contributed by atoms with Gasteiger partial charge in [0.25, 0.3) is 0 Å². The Kier molecular flexibility index (Phi) is 4.95. The second-order valence-electron chi connectivity index (χ2n) is 1.79. The summed E-state index contributed by atoms with van der Waals surface area (Å²) in [5.41, 5.74) is 0. The fourth-order valence-corrected chi connectivity index (χ4v) is 0.353. The summed E-state index contributed by atoms with van der Waals surface area (Å²) in [5, 5.41) is 1.51. The first kappa shape index (κ1) is 7.88. The van der Waals surface area contributed by atoms with Crippen molar-refractivity contribution in [2.75, 3.05) is 20.4 Å². The van der Waals surface area contributed by atoms with E-state index in [1.54, 1.807) is 7.05 Å². The third-order valence-corrected chi connectivity index (χ3v) is 0.643. The number of ether oxygens (including phenoxy) is 1. The molecule has 0 aliphatic heterocycles. The summed E-state index contributed by atoms with van der Waals surface area (Å²) in [6.07, 6.45) is 1.05. The summed E-state index contributed by atoms with van der Waals surface area (Å²) >= 11 is 0. The Balaban J connectivity index is 2.72. The van der Waals surface area contributed by atoms with E-state index in [-0.39, 0.29) is 0 Å². The van der Waals surface area contributed by atoms with E-state index >= 15 is 0 Å². The average Bonchev–Trinajstić information content (AvgIpc) is 1.66. The van der Waals surface area contributed by atoms with E-state index in [0.717, 1.165) is 13.0 Å². The van der Waals surface area contributed by atoms with Crippen LogP contribution in [0.15, 0.2) is 0 Å². The third-order valence-electron chi connectivity index (χ3n) is 0.643. The molecule has 0 aliphatic rings. The lowest BCUT2D eigenvalue weighted by Crippen LogP contribution is -2.28. The van der Waals surface area contributed by atoms with Gasteiger partial charge in [0.05, 0.1) is 0 Å². The third kappa shape index (κ3) is 5.88. The maximum Gasteiger partial charge on any atom is 0.111 e. The second kappa shape index (κ2) is 5.03. The molecule has 3 heteroatoms. The van der Waals surface area contributed by atoms with Crippen LogP contribution in [0.1, 0.15) is 13.3 Å². The molecule has 0 bridgehead atoms. The maximum absolute atomic E-state index is 5.24. The van der Waals surface area contributed by atoms with E-state index in [9.17, 15) is 0 Å². The van der Waals surface area contributed by atoms with Gasteiger partial charge in [-0.15, -0.1) is 0 Å². The molecule has 3 nitrogen and oxygen atoms in total. The Bertz CT molecular complexity index is 47.7. The van der Waals surface area contributed by atoms with Gasteiger partial charge in [-0.2, -0.15) is 0 Å². The predicted molar refractivity (Wildman–Crippen MR) is 33.1 cm³/mol. The monoisotopic (exact) mass is 118 g/mol. The lowest BCUT2D eigenvalue weighted by atomic mass is 10.5. The molecule has 0 unspecified atom stereocenters. The van der Waals surface area contributed by atoms with Crippen LogP contribution in [0.3, 0.4) is 0 Å². The minimum absolute atomic E-state index is 0.522. The summed E-state index contributed by atoms with van der Waals surface area (Å²) in [6.45, 7) is 3.38. The van der Waals surface area contributed by atoms with Crippen molar-refractivity contribution in [2.24, 2.45) is 5.84 Å². The molecule has 0 saturated heterocycles. The molecular weight excluding hydrogens is 104 g/mol. The second-order valence-corrected chi connectivity index (χ2v) is 1.79. The molecule has 0 rings (SSSR count). The molecule has 0 aliphatic carbocycles. The minimum Gasteiger partial charge on any atom is -0.365 e. The van der Waals surface area contributed by atoms with Crippen molar-refractivity contribution in [3.05, 3.63) is 0 Å². The molecule has 50 valence electrons. The quantitative estimate of drug-likeness (QED) is 0.247. The number of nitrogens with two attached hydrogens (primary N) is 1. The van der Waals surface area contributed by atoms with Crippen molar-refractivity contribution in [3.8, 4) is 0 Å². The Morgan fingerprint density at radius 1 is 1.62 bits per heavy atom. The van der Waals surface area contributed by atoms with E-state index in [2.05, 4.69) is 6.92 Å². The normalized spacial score (nSPS) is 10.5. The van der Waals surface area contributed by atoms with Crippen molar-refractivity contribution in [2.45, 2.75) is 13.3 Å². The smallest absolute Gasteiger partial charge is 0.111 e. The molecule has 0 saturated carbocycles. The van der Waals surface area contributed by atoms with Crippen LogP contribution in [0.2, 0.25) is 0 Å². The summed E-state index contributed by atoms with van der Waals surface area (Å²) in [4.78, 5) is 0. The molecule has 0 spiro atoms. The van der Waals surface area contributed by atoms with Crippen molar-refractivity contribution >= 4 is 0 Å². The highest BCUT2D eigenvalue weighted by Gasteiger charge is 1.85. The number of hydrogen-bond donors (Lipinski definition) is 1. The summed E-state index contributed by atoms with van der Waals surface area (Å²) in [7, 11) is 1.77. The van der Waals surface area contributed by atoms with Crippen LogP contribution in [-0.4, -0.2) is 25.4 Å². The standard InChI is InChI=1S/C5H14N2O/c1-3-4-8-5-7(2)6/h3-6H2,1-2H3. The van der Waals surface area contributed by atoms with Gasteiger partial charge in [-0.25, -0.2) is 5.01 Å². The number of nitrogens with zero attached hydrogens (tertiary/aromatic N) is 1. The zero-order valence-corrected chi connectivity index (χ0v) is 5.55. The van der Waals surface area contributed by atoms with Gasteiger partial charge in [-0.05, 0) is 6.42 Å². The molecule has 2 N–H and O–H groups in total. The lowest BCUT2D eigenvalue weighted by Gasteiger charge is -2.08. The Morgan fingerprint density at radius 3 is 2.62 bits per heavy atom. The molecule has 0 radical (unpaired) electrons. The number of hydrazine groups is 1. The molecule has 0 fully saturated rings. The topological polar surface area (TPSA) is 38.5 Å². The maximum atomic E-state index is 5.24. The van der Waals surface area contributed by atoms with Gasteiger partial charge in [0.15, 0.2) is 0 Å². The van der Waals surface area contributed by atoms with E-state index in [4.69, 9.17) is 10.6 Å². The van der Waals surface area contributed by atoms with Gasteiger partial charge < -0.3 is 4.74 Å². The minimum atomic E-state index is 0.522. The van der Waals surface area contributed by atoms with Gasteiger partial charge in [-0.1, -0.05) is 6.92 Å². The van der Waals surface area contributed by atoms with Crippen molar-refractivity contribution < 1.29 is 4.74 Å². The molecule has 0 aromatic carbocycles. The number of rotatable bonds is 4. The molecule has 0 atom stereocenters. The zero-order chi connectivity index (χ0) is 6.41. The summed E-state index contributed by atoms with van der Waals surface area (Å²) in [6, 6.07) is 0. The van der Waals surface area contributed by atoms with Gasteiger partial charge in [0.2, 0.25) is 0 Å². The number of hydrogen-bond acceptors (Lipinski definition) is 3. The fraction of sp³-hybridized carbons (Fsp3) is 1.00. The Hall–Kier alpha value is -0.120. The molecule has 8 heavy (non-hydrogen) atoms. The summed E-state index contributed by atoms with van der Waals surface area (Å²) < 4.78 is 5.05. The SMILES string of the molecule is CCCOCN(C)N. The highest BCUT2D eigenvalue weighted by Crippen LogP contribution is 1.78. The molecule has 0 aromatic heterocycles. The highest BCUT2D eigenvalue weighted by molar-refractivity contribution is 4.24. The molecule has 0 amide bonds. The van der Waals surface area contributed by atoms with E-state index < -0.39 is 0 Å². The first-order valence-electron chi connectivity index (χ1n) is 2.81. The Morgan fingerprint density at radius 2 is 2.25 bits per heavy atom. The van der Waals surface area contributed by atoms with E-state index in [1.165, 1.54) is 5.01 Å². The van der Waals surface area contributed by atoms with Crippen molar-refractivity contribution in [3.63, 3.8) is 0 Å². The highest BCUT2D eigenvalue weighted by atomic mass is 16.5. The van der Waals surface area contributed by atoms with Crippen LogP contribution in [0.5, 0.6) is 0 Å². The van der Waals surface area contributed by atoms with Crippen molar-refractivity contribution in [1.82, 2.24) is 5.01 Å². The fourth-order valence-electron chi connectivity index (χ4n) is 0.353. The van der Waals surface area contributed by atoms with Gasteiger partial charge in [0, 0.05) is 13.7 Å². The molecule has 0 aromatic rings. The largest absolute Gasteiger partial charge is 0.365 e. The van der Waals surface area contributed by atoms with Gasteiger partial charge in [0.1, 0.15) is 6.73 Å².